The van der Waals surface area contributed by atoms with Crippen LogP contribution in [0.25, 0.3) is 0 Å². The van der Waals surface area contributed by atoms with Crippen LogP contribution in [0.2, 0.25) is 13.1 Å². The van der Waals surface area contributed by atoms with Gasteiger partial charge in [0.05, 0.1) is 12.2 Å². The lowest BCUT2D eigenvalue weighted by molar-refractivity contribution is 0.0911. The van der Waals surface area contributed by atoms with Crippen molar-refractivity contribution in [1.82, 2.24) is 0 Å². The van der Waals surface area contributed by atoms with Crippen molar-refractivity contribution in [2.45, 2.75) is 97.9 Å². The highest BCUT2D eigenvalue weighted by molar-refractivity contribution is 6.48. The second-order valence-electron chi connectivity index (χ2n) is 7.40. The Morgan fingerprint density at radius 3 is 2.19 bits per heavy atom. The van der Waals surface area contributed by atoms with E-state index in [0.717, 1.165) is 25.7 Å². The highest BCUT2D eigenvalue weighted by Gasteiger charge is 2.25. The molecular weight excluding hydrogens is 276 g/mol. The van der Waals surface area contributed by atoms with E-state index in [9.17, 15) is 5.11 Å². The zero-order chi connectivity index (χ0) is 16.3. The molecule has 2 atom stereocenters. The first-order valence-electron chi connectivity index (χ1n) is 8.52. The zero-order valence-corrected chi connectivity index (χ0v) is 16.2. The lowest BCUT2D eigenvalue weighted by Gasteiger charge is -2.31. The predicted octanol–water partition coefficient (Wildman–Crippen LogP) is 4.52. The van der Waals surface area contributed by atoms with Crippen LogP contribution in [-0.4, -0.2) is 26.4 Å². The molecular formula is C18H36O2Si. The second kappa shape index (κ2) is 11.3. The van der Waals surface area contributed by atoms with Gasteiger partial charge >= 0.3 is 0 Å². The quantitative estimate of drug-likeness (QED) is 0.385. The van der Waals surface area contributed by atoms with Gasteiger partial charge in [-0.25, -0.2) is 0 Å². The third-order valence-corrected chi connectivity index (χ3v) is 4.36. The van der Waals surface area contributed by atoms with Crippen LogP contribution in [0.1, 0.15) is 72.6 Å². The summed E-state index contributed by atoms with van der Waals surface area (Å²) in [6.07, 6.45) is 7.62. The van der Waals surface area contributed by atoms with Crippen molar-refractivity contribution in [3.63, 3.8) is 0 Å². The van der Waals surface area contributed by atoms with Crippen LogP contribution in [0.5, 0.6) is 0 Å². The molecule has 0 saturated carbocycles. The minimum absolute atomic E-state index is 0.149. The number of aliphatic hydroxyl groups is 1. The van der Waals surface area contributed by atoms with Gasteiger partial charge in [0, 0.05) is 12.8 Å². The molecule has 0 saturated heterocycles. The summed E-state index contributed by atoms with van der Waals surface area (Å²) < 4.78 is 6.11. The van der Waals surface area contributed by atoms with Gasteiger partial charge < -0.3 is 9.53 Å². The van der Waals surface area contributed by atoms with Crippen molar-refractivity contribution < 1.29 is 9.53 Å². The van der Waals surface area contributed by atoms with Crippen LogP contribution in [0.4, 0.5) is 0 Å². The van der Waals surface area contributed by atoms with Gasteiger partial charge in [-0.3, -0.25) is 0 Å². The Bertz CT molecular complexity index is 307. The van der Waals surface area contributed by atoms with Crippen molar-refractivity contribution in [3.8, 4) is 11.8 Å². The molecule has 2 nitrogen and oxygen atoms in total. The summed E-state index contributed by atoms with van der Waals surface area (Å²) in [5.74, 6) is 6.61. The molecule has 0 aliphatic rings. The maximum Gasteiger partial charge on any atom is 0.171 e. The number of hydrogen-bond donors (Lipinski definition) is 1. The fourth-order valence-electron chi connectivity index (χ4n) is 2.15. The van der Waals surface area contributed by atoms with E-state index in [1.54, 1.807) is 0 Å². The normalized spacial score (nSPS) is 14.7. The standard InChI is InChI=1S/C18H36O2Si/c1-16(19)14-12-10-8-7-9-11-13-15-17(18(2,3)4)20-21(5)6/h16-17,19,21H,7-10,12,14-15H2,1-6H3/t16?,17-/m0/s1. The van der Waals surface area contributed by atoms with Gasteiger partial charge in [-0.1, -0.05) is 40.0 Å². The molecule has 3 heteroatoms. The third-order valence-electron chi connectivity index (χ3n) is 3.49. The molecule has 0 rings (SSSR count). The fraction of sp³-hybridized carbons (Fsp3) is 0.889. The maximum absolute atomic E-state index is 9.17. The van der Waals surface area contributed by atoms with E-state index in [1.165, 1.54) is 19.3 Å². The van der Waals surface area contributed by atoms with Crippen molar-refractivity contribution in [3.05, 3.63) is 0 Å². The summed E-state index contributed by atoms with van der Waals surface area (Å²) in [5, 5.41) is 9.17. The van der Waals surface area contributed by atoms with Crippen LogP contribution in [0.15, 0.2) is 0 Å². The smallest absolute Gasteiger partial charge is 0.171 e. The van der Waals surface area contributed by atoms with Crippen molar-refractivity contribution in [2.24, 2.45) is 5.41 Å². The van der Waals surface area contributed by atoms with E-state index in [-0.39, 0.29) is 17.6 Å². The summed E-state index contributed by atoms with van der Waals surface area (Å²) in [4.78, 5) is 0. The van der Waals surface area contributed by atoms with Crippen LogP contribution < -0.4 is 0 Å². The molecule has 0 aromatic heterocycles. The molecule has 0 amide bonds. The Balaban J connectivity index is 3.83. The number of hydrogen-bond acceptors (Lipinski definition) is 2. The Hall–Kier alpha value is -0.303. The zero-order valence-electron chi connectivity index (χ0n) is 15.0. The van der Waals surface area contributed by atoms with E-state index in [4.69, 9.17) is 4.43 Å². The summed E-state index contributed by atoms with van der Waals surface area (Å²) >= 11 is 0. The maximum atomic E-state index is 9.17. The topological polar surface area (TPSA) is 29.5 Å². The third kappa shape index (κ3) is 13.1. The van der Waals surface area contributed by atoms with Crippen molar-refractivity contribution >= 4 is 9.04 Å². The first-order valence-corrected chi connectivity index (χ1v) is 11.3. The van der Waals surface area contributed by atoms with Crippen LogP contribution in [0, 0.1) is 17.3 Å². The predicted molar refractivity (Wildman–Crippen MR) is 95.0 cm³/mol. The van der Waals surface area contributed by atoms with E-state index in [0.29, 0.717) is 0 Å². The van der Waals surface area contributed by atoms with Gasteiger partial charge in [0.25, 0.3) is 0 Å². The Kier molecular flexibility index (Phi) is 11.1. The first-order chi connectivity index (χ1) is 9.73. The van der Waals surface area contributed by atoms with Crippen LogP contribution in [0.3, 0.4) is 0 Å². The monoisotopic (exact) mass is 312 g/mol. The molecule has 0 spiro atoms. The fourth-order valence-corrected chi connectivity index (χ4v) is 3.31. The van der Waals surface area contributed by atoms with Gasteiger partial charge in [0.2, 0.25) is 0 Å². The molecule has 0 bridgehead atoms. The molecule has 0 aromatic rings. The van der Waals surface area contributed by atoms with E-state index < -0.39 is 9.04 Å². The molecule has 21 heavy (non-hydrogen) atoms. The molecule has 1 N–H and O–H groups in total. The lowest BCUT2D eigenvalue weighted by Crippen LogP contribution is -2.32. The van der Waals surface area contributed by atoms with Crippen molar-refractivity contribution in [1.29, 1.82) is 0 Å². The summed E-state index contributed by atoms with van der Waals surface area (Å²) in [6, 6.07) is 0. The molecule has 0 fully saturated rings. The summed E-state index contributed by atoms with van der Waals surface area (Å²) in [6.45, 7) is 13.0. The van der Waals surface area contributed by atoms with Gasteiger partial charge in [0.15, 0.2) is 9.04 Å². The first kappa shape index (κ1) is 20.7. The number of aliphatic hydroxyl groups excluding tert-OH is 1. The average molecular weight is 313 g/mol. The molecule has 0 heterocycles. The van der Waals surface area contributed by atoms with Gasteiger partial charge in [-0.05, 0) is 38.3 Å². The minimum atomic E-state index is -1.00. The molecule has 0 aliphatic carbocycles. The summed E-state index contributed by atoms with van der Waals surface area (Å²) in [5.41, 5.74) is 0.174. The molecule has 124 valence electrons. The largest absolute Gasteiger partial charge is 0.416 e. The Morgan fingerprint density at radius 2 is 1.67 bits per heavy atom. The number of rotatable bonds is 9. The van der Waals surface area contributed by atoms with Gasteiger partial charge in [-0.2, -0.15) is 0 Å². The average Bonchev–Trinajstić information content (AvgIpc) is 2.33. The highest BCUT2D eigenvalue weighted by Crippen LogP contribution is 2.25. The van der Waals surface area contributed by atoms with E-state index in [1.807, 2.05) is 6.92 Å². The molecule has 0 radical (unpaired) electrons. The van der Waals surface area contributed by atoms with E-state index in [2.05, 4.69) is 45.7 Å². The summed E-state index contributed by atoms with van der Waals surface area (Å²) in [7, 11) is -1.00. The lowest BCUT2D eigenvalue weighted by atomic mass is 9.87. The molecule has 0 aromatic carbocycles. The Labute approximate surface area is 134 Å². The minimum Gasteiger partial charge on any atom is -0.416 e. The van der Waals surface area contributed by atoms with Crippen LogP contribution in [-0.2, 0) is 4.43 Å². The van der Waals surface area contributed by atoms with Crippen LogP contribution >= 0.6 is 0 Å². The van der Waals surface area contributed by atoms with Gasteiger partial charge in [-0.15, -0.1) is 11.8 Å². The Morgan fingerprint density at radius 1 is 1.05 bits per heavy atom. The SMILES string of the molecule is CC(O)CCCCCCC#CC[C@H](O[SiH](C)C)C(C)(C)C. The number of unbranched alkanes of at least 4 members (excludes halogenated alkanes) is 4. The molecule has 0 aliphatic heterocycles. The van der Waals surface area contributed by atoms with Crippen molar-refractivity contribution in [2.75, 3.05) is 0 Å². The van der Waals surface area contributed by atoms with E-state index >= 15 is 0 Å². The second-order valence-corrected chi connectivity index (χ2v) is 9.77. The van der Waals surface area contributed by atoms with Gasteiger partial charge in [0.1, 0.15) is 0 Å². The highest BCUT2D eigenvalue weighted by atomic mass is 28.3. The molecule has 1 unspecified atom stereocenters.